The number of likely N-dealkylation sites (tertiary alicyclic amines) is 1. The Kier molecular flexibility index (Phi) is 5.60. The molecule has 1 atom stereocenters. The van der Waals surface area contributed by atoms with E-state index in [1.165, 1.54) is 0 Å². The van der Waals surface area contributed by atoms with E-state index in [-0.39, 0.29) is 11.9 Å². The maximum absolute atomic E-state index is 12.9. The van der Waals surface area contributed by atoms with Crippen molar-refractivity contribution in [2.45, 2.75) is 38.6 Å². The van der Waals surface area contributed by atoms with Crippen LogP contribution in [-0.4, -0.2) is 34.6 Å². The molecule has 1 aliphatic rings. The van der Waals surface area contributed by atoms with Gasteiger partial charge in [0.05, 0.1) is 7.11 Å². The van der Waals surface area contributed by atoms with Gasteiger partial charge in [0.2, 0.25) is 17.6 Å². The maximum Gasteiger partial charge on any atom is 0.249 e. The number of aryl methyl sites for hydroxylation is 2. The van der Waals surface area contributed by atoms with Crippen molar-refractivity contribution in [2.75, 3.05) is 13.7 Å². The van der Waals surface area contributed by atoms with Crippen molar-refractivity contribution in [1.82, 2.24) is 15.0 Å². The molecular formula is C23H25N3O3. The Morgan fingerprint density at radius 2 is 2.10 bits per heavy atom. The molecule has 2 aromatic carbocycles. The van der Waals surface area contributed by atoms with Crippen LogP contribution in [0.2, 0.25) is 0 Å². The van der Waals surface area contributed by atoms with Crippen molar-refractivity contribution in [3.8, 4) is 17.1 Å². The third kappa shape index (κ3) is 4.16. The van der Waals surface area contributed by atoms with Gasteiger partial charge in [-0.1, -0.05) is 47.1 Å². The zero-order chi connectivity index (χ0) is 20.2. The van der Waals surface area contributed by atoms with Gasteiger partial charge in [0.15, 0.2) is 0 Å². The van der Waals surface area contributed by atoms with E-state index in [1.807, 2.05) is 60.4 Å². The number of hydrogen-bond acceptors (Lipinski definition) is 5. The summed E-state index contributed by atoms with van der Waals surface area (Å²) < 4.78 is 10.9. The molecule has 4 rings (SSSR count). The number of para-hydroxylation sites is 1. The van der Waals surface area contributed by atoms with Crippen molar-refractivity contribution in [3.63, 3.8) is 0 Å². The van der Waals surface area contributed by atoms with Crippen LogP contribution in [0.3, 0.4) is 0 Å². The van der Waals surface area contributed by atoms with Gasteiger partial charge in [-0.15, -0.1) is 0 Å². The monoisotopic (exact) mass is 391 g/mol. The minimum Gasteiger partial charge on any atom is -0.496 e. The summed E-state index contributed by atoms with van der Waals surface area (Å²) in [4.78, 5) is 19.4. The molecule has 3 aromatic rings. The lowest BCUT2D eigenvalue weighted by atomic mass is 10.1. The Morgan fingerprint density at radius 3 is 2.93 bits per heavy atom. The third-order valence-electron chi connectivity index (χ3n) is 5.38. The fourth-order valence-corrected chi connectivity index (χ4v) is 3.89. The first-order valence-electron chi connectivity index (χ1n) is 9.97. The van der Waals surface area contributed by atoms with Crippen LogP contribution >= 0.6 is 0 Å². The van der Waals surface area contributed by atoms with Crippen LogP contribution in [0.5, 0.6) is 5.75 Å². The molecule has 0 N–H and O–H groups in total. The second-order valence-corrected chi connectivity index (χ2v) is 7.38. The number of amides is 1. The van der Waals surface area contributed by atoms with Crippen LogP contribution in [0.4, 0.5) is 0 Å². The lowest BCUT2D eigenvalue weighted by Gasteiger charge is -2.22. The summed E-state index contributed by atoms with van der Waals surface area (Å²) in [5.74, 6) is 2.01. The summed E-state index contributed by atoms with van der Waals surface area (Å²) in [6.45, 7) is 2.75. The zero-order valence-corrected chi connectivity index (χ0v) is 16.8. The summed E-state index contributed by atoms with van der Waals surface area (Å²) in [6, 6.07) is 15.7. The fraction of sp³-hybridized carbons (Fsp3) is 0.348. The summed E-state index contributed by atoms with van der Waals surface area (Å²) in [5.41, 5.74) is 3.11. The molecule has 6 heteroatoms. The first-order chi connectivity index (χ1) is 14.2. The molecule has 1 amide bonds. The minimum absolute atomic E-state index is 0.105. The van der Waals surface area contributed by atoms with Crippen molar-refractivity contribution < 1.29 is 14.1 Å². The quantitative estimate of drug-likeness (QED) is 0.625. The second kappa shape index (κ2) is 8.47. The molecular weight excluding hydrogens is 366 g/mol. The molecule has 0 aliphatic carbocycles. The van der Waals surface area contributed by atoms with Crippen LogP contribution < -0.4 is 4.74 Å². The molecule has 0 bridgehead atoms. The summed E-state index contributed by atoms with van der Waals surface area (Å²) in [5, 5.41) is 4.14. The lowest BCUT2D eigenvalue weighted by molar-refractivity contribution is -0.132. The third-order valence-corrected chi connectivity index (χ3v) is 5.38. The van der Waals surface area contributed by atoms with E-state index in [4.69, 9.17) is 9.26 Å². The molecule has 0 saturated carbocycles. The molecule has 1 aromatic heterocycles. The van der Waals surface area contributed by atoms with Gasteiger partial charge in [0, 0.05) is 18.5 Å². The van der Waals surface area contributed by atoms with Gasteiger partial charge in [-0.2, -0.15) is 4.98 Å². The van der Waals surface area contributed by atoms with Crippen LogP contribution in [0.1, 0.15) is 42.3 Å². The highest BCUT2D eigenvalue weighted by Crippen LogP contribution is 2.33. The van der Waals surface area contributed by atoms with E-state index in [1.54, 1.807) is 7.11 Å². The Morgan fingerprint density at radius 1 is 1.24 bits per heavy atom. The smallest absolute Gasteiger partial charge is 0.249 e. The van der Waals surface area contributed by atoms with Crippen molar-refractivity contribution in [1.29, 1.82) is 0 Å². The number of ether oxygens (including phenoxy) is 1. The van der Waals surface area contributed by atoms with Gasteiger partial charge >= 0.3 is 0 Å². The van der Waals surface area contributed by atoms with E-state index in [9.17, 15) is 4.79 Å². The van der Waals surface area contributed by atoms with E-state index in [2.05, 4.69) is 10.1 Å². The Hall–Kier alpha value is -3.15. The Balaban J connectivity index is 1.46. The molecule has 150 valence electrons. The number of carbonyl (C=O) groups is 1. The van der Waals surface area contributed by atoms with Crippen LogP contribution in [-0.2, 0) is 11.2 Å². The molecule has 1 unspecified atom stereocenters. The number of nitrogens with zero attached hydrogens (tertiary/aromatic N) is 3. The molecule has 0 radical (unpaired) electrons. The molecule has 0 spiro atoms. The lowest BCUT2D eigenvalue weighted by Crippen LogP contribution is -2.30. The van der Waals surface area contributed by atoms with Crippen LogP contribution in [0.25, 0.3) is 11.4 Å². The zero-order valence-electron chi connectivity index (χ0n) is 16.8. The molecule has 1 aliphatic heterocycles. The highest BCUT2D eigenvalue weighted by Gasteiger charge is 2.33. The van der Waals surface area contributed by atoms with Gasteiger partial charge in [0.25, 0.3) is 0 Å². The number of carbonyl (C=O) groups excluding carboxylic acids is 1. The van der Waals surface area contributed by atoms with E-state index in [0.717, 1.165) is 41.8 Å². The number of rotatable bonds is 6. The summed E-state index contributed by atoms with van der Waals surface area (Å²) in [7, 11) is 1.65. The maximum atomic E-state index is 12.9. The average Bonchev–Trinajstić information content (AvgIpc) is 3.41. The topological polar surface area (TPSA) is 68.5 Å². The van der Waals surface area contributed by atoms with Crippen LogP contribution in [0.15, 0.2) is 53.1 Å². The van der Waals surface area contributed by atoms with Crippen molar-refractivity contribution in [3.05, 3.63) is 65.5 Å². The summed E-state index contributed by atoms with van der Waals surface area (Å²) in [6.07, 6.45) is 2.85. The Labute approximate surface area is 170 Å². The highest BCUT2D eigenvalue weighted by atomic mass is 16.5. The molecule has 1 saturated heterocycles. The number of benzene rings is 2. The molecule has 1 fully saturated rings. The van der Waals surface area contributed by atoms with Gasteiger partial charge < -0.3 is 14.2 Å². The van der Waals surface area contributed by atoms with Gasteiger partial charge in [-0.25, -0.2) is 0 Å². The summed E-state index contributed by atoms with van der Waals surface area (Å²) >= 11 is 0. The van der Waals surface area contributed by atoms with E-state index >= 15 is 0 Å². The van der Waals surface area contributed by atoms with Gasteiger partial charge in [-0.3, -0.25) is 4.79 Å². The standard InChI is InChI=1S/C23H25N3O3/c1-16-7-5-9-18(15-16)22-24-23(29-25-22)19-10-6-14-26(19)21(27)13-12-17-8-3-4-11-20(17)28-2/h3-5,7-9,11,15,19H,6,10,12-14H2,1-2H3. The fourth-order valence-electron chi connectivity index (χ4n) is 3.89. The van der Waals surface area contributed by atoms with E-state index < -0.39 is 0 Å². The molecule has 2 heterocycles. The number of aromatic nitrogens is 2. The highest BCUT2D eigenvalue weighted by molar-refractivity contribution is 5.77. The first kappa shape index (κ1) is 19.2. The number of methoxy groups -OCH3 is 1. The average molecular weight is 391 g/mol. The molecule has 29 heavy (non-hydrogen) atoms. The molecule has 6 nitrogen and oxygen atoms in total. The van der Waals surface area contributed by atoms with Crippen molar-refractivity contribution >= 4 is 5.91 Å². The normalized spacial score (nSPS) is 16.2. The minimum atomic E-state index is -0.147. The Bertz CT molecular complexity index is 998. The largest absolute Gasteiger partial charge is 0.496 e. The van der Waals surface area contributed by atoms with Gasteiger partial charge in [0.1, 0.15) is 11.8 Å². The SMILES string of the molecule is COc1ccccc1CCC(=O)N1CCCC1c1nc(-c2cccc(C)c2)no1. The second-order valence-electron chi connectivity index (χ2n) is 7.38. The van der Waals surface area contributed by atoms with Gasteiger partial charge in [-0.05, 0) is 43.9 Å². The van der Waals surface area contributed by atoms with Crippen molar-refractivity contribution in [2.24, 2.45) is 0 Å². The number of hydrogen-bond donors (Lipinski definition) is 0. The van der Waals surface area contributed by atoms with E-state index in [0.29, 0.717) is 24.6 Å². The predicted octanol–water partition coefficient (Wildman–Crippen LogP) is 4.35. The van der Waals surface area contributed by atoms with Crippen LogP contribution in [0, 0.1) is 6.92 Å². The predicted molar refractivity (Wildman–Crippen MR) is 109 cm³/mol. The first-order valence-corrected chi connectivity index (χ1v) is 9.97.